The third kappa shape index (κ3) is 1.91. The van der Waals surface area contributed by atoms with Crippen molar-refractivity contribution in [2.75, 3.05) is 18.0 Å². The largest absolute Gasteiger partial charge is 0.346 e. The molecular formula is C8H13N3S2. The van der Waals surface area contributed by atoms with Gasteiger partial charge in [0.1, 0.15) is 0 Å². The van der Waals surface area contributed by atoms with Crippen LogP contribution in [-0.4, -0.2) is 23.3 Å². The topological polar surface area (TPSA) is 31.9 Å². The molecule has 1 aromatic rings. The van der Waals surface area contributed by atoms with E-state index < -0.39 is 0 Å². The summed E-state index contributed by atoms with van der Waals surface area (Å²) in [6.45, 7) is 6.77. The standard InChI is InChI=1S/C8H13N3S2/c1-8(2)3-4-11(5-8)6-9-10-7(12)13-6/h3-5H2,1-2H3,(H,10,12). The molecular weight excluding hydrogens is 202 g/mol. The van der Waals surface area contributed by atoms with Gasteiger partial charge in [0.25, 0.3) is 0 Å². The predicted octanol–water partition coefficient (Wildman–Crippen LogP) is 2.44. The van der Waals surface area contributed by atoms with E-state index >= 15 is 0 Å². The van der Waals surface area contributed by atoms with Gasteiger partial charge in [0.2, 0.25) is 5.13 Å². The molecule has 0 atom stereocenters. The zero-order valence-corrected chi connectivity index (χ0v) is 9.47. The molecule has 1 aromatic heterocycles. The van der Waals surface area contributed by atoms with Crippen molar-refractivity contribution in [2.45, 2.75) is 20.3 Å². The summed E-state index contributed by atoms with van der Waals surface area (Å²) in [5.74, 6) is 0. The summed E-state index contributed by atoms with van der Waals surface area (Å²) < 4.78 is 0.764. The Balaban J connectivity index is 2.17. The van der Waals surface area contributed by atoms with Gasteiger partial charge in [-0.2, -0.15) is 0 Å². The quantitative estimate of drug-likeness (QED) is 0.730. The third-order valence-electron chi connectivity index (χ3n) is 2.37. The second kappa shape index (κ2) is 3.06. The molecule has 0 spiro atoms. The highest BCUT2D eigenvalue weighted by molar-refractivity contribution is 7.73. The van der Waals surface area contributed by atoms with Crippen molar-refractivity contribution in [3.05, 3.63) is 3.95 Å². The fourth-order valence-corrected chi connectivity index (χ4v) is 2.54. The van der Waals surface area contributed by atoms with Crippen LogP contribution in [0.25, 0.3) is 0 Å². The van der Waals surface area contributed by atoms with Crippen LogP contribution in [0, 0.1) is 9.37 Å². The van der Waals surface area contributed by atoms with Crippen LogP contribution in [0.2, 0.25) is 0 Å². The van der Waals surface area contributed by atoms with E-state index in [1.54, 1.807) is 11.3 Å². The summed E-state index contributed by atoms with van der Waals surface area (Å²) in [7, 11) is 0. The van der Waals surface area contributed by atoms with Gasteiger partial charge >= 0.3 is 0 Å². The van der Waals surface area contributed by atoms with E-state index in [-0.39, 0.29) is 0 Å². The smallest absolute Gasteiger partial charge is 0.206 e. The van der Waals surface area contributed by atoms with Crippen LogP contribution in [0.15, 0.2) is 0 Å². The molecule has 0 unspecified atom stereocenters. The molecule has 0 saturated carbocycles. The Kier molecular flexibility index (Phi) is 2.15. The average molecular weight is 215 g/mol. The first-order valence-corrected chi connectivity index (χ1v) is 5.60. The fraction of sp³-hybridized carbons (Fsp3) is 0.750. The second-order valence-corrected chi connectivity index (χ2v) is 5.88. The molecule has 3 nitrogen and oxygen atoms in total. The zero-order valence-electron chi connectivity index (χ0n) is 7.83. The molecule has 0 radical (unpaired) electrons. The molecule has 1 aliphatic rings. The highest BCUT2D eigenvalue weighted by Crippen LogP contribution is 2.32. The van der Waals surface area contributed by atoms with Crippen LogP contribution in [-0.2, 0) is 0 Å². The van der Waals surface area contributed by atoms with Crippen LogP contribution in [0.5, 0.6) is 0 Å². The van der Waals surface area contributed by atoms with Crippen molar-refractivity contribution in [1.82, 2.24) is 10.2 Å². The number of hydrogen-bond acceptors (Lipinski definition) is 4. The van der Waals surface area contributed by atoms with Crippen molar-refractivity contribution in [3.63, 3.8) is 0 Å². The van der Waals surface area contributed by atoms with Crippen LogP contribution in [0.3, 0.4) is 0 Å². The molecule has 0 amide bonds. The zero-order chi connectivity index (χ0) is 9.47. The molecule has 0 aromatic carbocycles. The van der Waals surface area contributed by atoms with E-state index in [0.29, 0.717) is 5.41 Å². The lowest BCUT2D eigenvalue weighted by Crippen LogP contribution is -2.22. The van der Waals surface area contributed by atoms with Crippen LogP contribution >= 0.6 is 23.6 Å². The molecule has 1 aliphatic heterocycles. The highest BCUT2D eigenvalue weighted by atomic mass is 32.1. The van der Waals surface area contributed by atoms with Crippen LogP contribution < -0.4 is 4.90 Å². The summed E-state index contributed by atoms with van der Waals surface area (Å²) >= 11 is 6.56. The SMILES string of the molecule is CC1(C)CCN(c2n[nH]c(=S)s2)C1. The third-order valence-corrected chi connectivity index (χ3v) is 3.52. The van der Waals surface area contributed by atoms with Gasteiger partial charge in [0.05, 0.1) is 0 Å². The lowest BCUT2D eigenvalue weighted by molar-refractivity contribution is 0.418. The average Bonchev–Trinajstić information content (AvgIpc) is 2.56. The normalized spacial score (nSPS) is 20.9. The predicted molar refractivity (Wildman–Crippen MR) is 57.9 cm³/mol. The van der Waals surface area contributed by atoms with E-state index in [0.717, 1.165) is 22.2 Å². The molecule has 2 rings (SSSR count). The molecule has 5 heteroatoms. The van der Waals surface area contributed by atoms with Crippen molar-refractivity contribution in [3.8, 4) is 0 Å². The Morgan fingerprint density at radius 3 is 2.85 bits per heavy atom. The van der Waals surface area contributed by atoms with Crippen molar-refractivity contribution >= 4 is 28.7 Å². The fourth-order valence-electron chi connectivity index (χ4n) is 1.63. The van der Waals surface area contributed by atoms with Crippen LogP contribution in [0.1, 0.15) is 20.3 Å². The first-order valence-electron chi connectivity index (χ1n) is 4.37. The van der Waals surface area contributed by atoms with E-state index in [1.807, 2.05) is 0 Å². The molecule has 0 aliphatic carbocycles. The molecule has 1 N–H and O–H groups in total. The second-order valence-electron chi connectivity index (χ2n) is 4.23. The number of hydrogen-bond donors (Lipinski definition) is 1. The summed E-state index contributed by atoms with van der Waals surface area (Å²) in [5.41, 5.74) is 0.424. The number of rotatable bonds is 1. The number of aromatic amines is 1. The minimum atomic E-state index is 0.424. The Morgan fingerprint density at radius 1 is 1.62 bits per heavy atom. The van der Waals surface area contributed by atoms with E-state index in [4.69, 9.17) is 12.2 Å². The van der Waals surface area contributed by atoms with Crippen LogP contribution in [0.4, 0.5) is 5.13 Å². The van der Waals surface area contributed by atoms with Gasteiger partial charge in [-0.05, 0) is 24.1 Å². The van der Waals surface area contributed by atoms with Gasteiger partial charge in [-0.15, -0.1) is 5.10 Å². The maximum Gasteiger partial charge on any atom is 0.206 e. The minimum Gasteiger partial charge on any atom is -0.346 e. The van der Waals surface area contributed by atoms with E-state index in [2.05, 4.69) is 28.9 Å². The number of H-pyrrole nitrogens is 1. The Labute approximate surface area is 86.8 Å². The van der Waals surface area contributed by atoms with Crippen molar-refractivity contribution < 1.29 is 0 Å². The summed E-state index contributed by atoms with van der Waals surface area (Å²) in [5, 5.41) is 8.03. The summed E-state index contributed by atoms with van der Waals surface area (Å²) in [6, 6.07) is 0. The molecule has 1 saturated heterocycles. The molecule has 13 heavy (non-hydrogen) atoms. The highest BCUT2D eigenvalue weighted by Gasteiger charge is 2.30. The van der Waals surface area contributed by atoms with Crippen molar-refractivity contribution in [2.24, 2.45) is 5.41 Å². The number of aromatic nitrogens is 2. The van der Waals surface area contributed by atoms with Gasteiger partial charge in [-0.1, -0.05) is 25.2 Å². The van der Waals surface area contributed by atoms with Gasteiger partial charge in [-0.25, -0.2) is 0 Å². The Morgan fingerprint density at radius 2 is 2.38 bits per heavy atom. The number of anilines is 1. The number of nitrogens with zero attached hydrogens (tertiary/aromatic N) is 2. The van der Waals surface area contributed by atoms with E-state index in [1.165, 1.54) is 6.42 Å². The molecule has 0 bridgehead atoms. The lowest BCUT2D eigenvalue weighted by atomic mass is 9.93. The monoisotopic (exact) mass is 215 g/mol. The minimum absolute atomic E-state index is 0.424. The summed E-state index contributed by atoms with van der Waals surface area (Å²) in [4.78, 5) is 2.30. The summed E-state index contributed by atoms with van der Waals surface area (Å²) in [6.07, 6.45) is 1.24. The molecule has 1 fully saturated rings. The molecule has 72 valence electrons. The first-order chi connectivity index (χ1) is 6.07. The van der Waals surface area contributed by atoms with Gasteiger partial charge in [0, 0.05) is 13.1 Å². The van der Waals surface area contributed by atoms with Gasteiger partial charge in [0.15, 0.2) is 3.95 Å². The number of nitrogens with one attached hydrogen (secondary N) is 1. The van der Waals surface area contributed by atoms with Crippen molar-refractivity contribution in [1.29, 1.82) is 0 Å². The van der Waals surface area contributed by atoms with Gasteiger partial charge < -0.3 is 4.90 Å². The maximum absolute atomic E-state index is 5.00. The maximum atomic E-state index is 5.00. The Hall–Kier alpha value is -0.420. The van der Waals surface area contributed by atoms with Gasteiger partial charge in [-0.3, -0.25) is 5.10 Å². The lowest BCUT2D eigenvalue weighted by Gasteiger charge is -2.18. The molecule has 2 heterocycles. The Bertz CT molecular complexity index is 352. The first kappa shape index (κ1) is 9.15. The van der Waals surface area contributed by atoms with E-state index in [9.17, 15) is 0 Å².